The summed E-state index contributed by atoms with van der Waals surface area (Å²) >= 11 is 0. The van der Waals surface area contributed by atoms with Gasteiger partial charge in [-0.1, -0.05) is 33.1 Å². The Hall–Kier alpha value is 0.571. The minimum Gasteiger partial charge on any atom is -0.366 e. The van der Waals surface area contributed by atoms with Crippen molar-refractivity contribution < 1.29 is 0 Å². The smallest absolute Gasteiger partial charge is 0.159 e. The van der Waals surface area contributed by atoms with E-state index in [1.54, 1.807) is 0 Å². The minimum atomic E-state index is -0.498. The van der Waals surface area contributed by atoms with Gasteiger partial charge in [0, 0.05) is 0 Å². The highest BCUT2D eigenvalue weighted by Gasteiger charge is 2.16. The van der Waals surface area contributed by atoms with Gasteiger partial charge in [-0.05, 0) is 13.6 Å². The van der Waals surface area contributed by atoms with Gasteiger partial charge < -0.3 is 8.46 Å². The maximum absolute atomic E-state index is 2.91. The molecule has 0 rings (SSSR count). The van der Waals surface area contributed by atoms with Gasteiger partial charge in [-0.25, -0.2) is 0 Å². The summed E-state index contributed by atoms with van der Waals surface area (Å²) in [5.41, 5.74) is 0. The number of hydrogen-bond acceptors (Lipinski definition) is 2. The predicted molar refractivity (Wildman–Crippen MR) is 66.4 cm³/mol. The molecule has 0 spiro atoms. The summed E-state index contributed by atoms with van der Waals surface area (Å²) in [5.74, 6) is 0. The minimum absolute atomic E-state index is 0.0552. The lowest BCUT2D eigenvalue weighted by Crippen LogP contribution is -2.51. The normalized spacial score (nSPS) is 13.5. The molecular formula is C7H24N2Si3. The fourth-order valence-corrected chi connectivity index (χ4v) is 11.1. The highest BCUT2D eigenvalue weighted by Crippen LogP contribution is 1.98. The van der Waals surface area contributed by atoms with Gasteiger partial charge in [0.2, 0.25) is 0 Å². The zero-order chi connectivity index (χ0) is 9.72. The molecule has 0 saturated carbocycles. The van der Waals surface area contributed by atoms with Crippen molar-refractivity contribution in [1.29, 1.82) is 0 Å². The third kappa shape index (κ3) is 4.56. The molecule has 0 atom stereocenters. The average Bonchev–Trinajstić information content (AvgIpc) is 1.98. The molecular weight excluding hydrogens is 196 g/mol. The Morgan fingerprint density at radius 2 is 1.50 bits per heavy atom. The van der Waals surface area contributed by atoms with Gasteiger partial charge in [-0.15, -0.1) is 0 Å². The maximum atomic E-state index is 2.91. The van der Waals surface area contributed by atoms with E-state index in [2.05, 4.69) is 48.6 Å². The van der Waals surface area contributed by atoms with Crippen LogP contribution in [0.3, 0.4) is 0 Å². The van der Waals surface area contributed by atoms with Crippen LogP contribution in [-0.4, -0.2) is 49.8 Å². The molecule has 0 aliphatic heterocycles. The van der Waals surface area contributed by atoms with Crippen LogP contribution in [0.25, 0.3) is 0 Å². The maximum Gasteiger partial charge on any atom is 0.159 e. The molecule has 0 bridgehead atoms. The second kappa shape index (κ2) is 6.09. The highest BCUT2D eigenvalue weighted by molar-refractivity contribution is 6.79. The van der Waals surface area contributed by atoms with Crippen molar-refractivity contribution >= 4 is 27.8 Å². The molecule has 0 aromatic heterocycles. The summed E-state index contributed by atoms with van der Waals surface area (Å²) < 4.78 is 5.45. The summed E-state index contributed by atoms with van der Waals surface area (Å²) in [6, 6.07) is 0. The largest absolute Gasteiger partial charge is 0.366 e. The molecule has 0 N–H and O–H groups in total. The van der Waals surface area contributed by atoms with Crippen molar-refractivity contribution in [2.45, 2.75) is 33.1 Å². The second-order valence-corrected chi connectivity index (χ2v) is 13.9. The van der Waals surface area contributed by atoms with E-state index in [1.807, 2.05) is 0 Å². The summed E-state index contributed by atoms with van der Waals surface area (Å²) in [7, 11) is 1.22. The third-order valence-corrected chi connectivity index (χ3v) is 15.1. The van der Waals surface area contributed by atoms with Gasteiger partial charge >= 0.3 is 0 Å². The number of rotatable bonds is 5. The Labute approximate surface area is 83.3 Å². The molecule has 0 unspecified atom stereocenters. The average molecular weight is 221 g/mol. The van der Waals surface area contributed by atoms with E-state index in [1.165, 1.54) is 6.54 Å². The fourth-order valence-electron chi connectivity index (χ4n) is 1.30. The monoisotopic (exact) mass is 220 g/mol. The first kappa shape index (κ1) is 12.6. The molecule has 2 nitrogen and oxygen atoms in total. The quantitative estimate of drug-likeness (QED) is 0.611. The first-order valence-electron chi connectivity index (χ1n) is 4.93. The first-order valence-corrected chi connectivity index (χ1v) is 11.8. The van der Waals surface area contributed by atoms with E-state index < -0.39 is 17.9 Å². The van der Waals surface area contributed by atoms with Crippen molar-refractivity contribution in [1.82, 2.24) is 8.46 Å². The molecule has 0 amide bonds. The molecule has 0 fully saturated rings. The SMILES string of the molecule is CCN(C)[SiH2]N([SiH](C)C)[SiH](C)C. The van der Waals surface area contributed by atoms with Gasteiger partial charge in [0.15, 0.2) is 9.84 Å². The predicted octanol–water partition coefficient (Wildman–Crippen LogP) is 0.206. The van der Waals surface area contributed by atoms with Gasteiger partial charge in [-0.3, -0.25) is 0 Å². The van der Waals surface area contributed by atoms with Crippen molar-refractivity contribution in [2.75, 3.05) is 13.6 Å². The molecule has 0 saturated heterocycles. The Bertz CT molecular complexity index is 111. The van der Waals surface area contributed by atoms with E-state index in [-0.39, 0.29) is 9.84 Å². The molecule has 0 heterocycles. The Morgan fingerprint density at radius 1 is 1.08 bits per heavy atom. The van der Waals surface area contributed by atoms with Crippen molar-refractivity contribution in [2.24, 2.45) is 0 Å². The van der Waals surface area contributed by atoms with Crippen LogP contribution >= 0.6 is 0 Å². The Kier molecular flexibility index (Phi) is 6.38. The molecule has 5 heteroatoms. The van der Waals surface area contributed by atoms with Crippen LogP contribution in [0.2, 0.25) is 26.2 Å². The first-order chi connectivity index (χ1) is 5.49. The molecule has 0 aromatic rings. The molecule has 74 valence electrons. The van der Waals surface area contributed by atoms with Crippen LogP contribution in [0.4, 0.5) is 0 Å². The zero-order valence-electron chi connectivity index (χ0n) is 9.46. The Balaban J connectivity index is 3.95. The van der Waals surface area contributed by atoms with Gasteiger partial charge in [0.05, 0.1) is 17.9 Å². The molecule has 0 aliphatic rings. The highest BCUT2D eigenvalue weighted by atomic mass is 28.4. The topological polar surface area (TPSA) is 6.48 Å². The molecule has 12 heavy (non-hydrogen) atoms. The van der Waals surface area contributed by atoms with Crippen LogP contribution in [0.5, 0.6) is 0 Å². The summed E-state index contributed by atoms with van der Waals surface area (Å²) in [6.45, 7) is 13.3. The summed E-state index contributed by atoms with van der Waals surface area (Å²) in [4.78, 5) is 0. The molecule has 0 radical (unpaired) electrons. The van der Waals surface area contributed by atoms with E-state index in [4.69, 9.17) is 0 Å². The fraction of sp³-hybridized carbons (Fsp3) is 1.00. The van der Waals surface area contributed by atoms with E-state index in [9.17, 15) is 0 Å². The van der Waals surface area contributed by atoms with Crippen molar-refractivity contribution in [3.8, 4) is 0 Å². The lowest BCUT2D eigenvalue weighted by molar-refractivity contribution is 0.547. The van der Waals surface area contributed by atoms with Gasteiger partial charge in [-0.2, -0.15) is 0 Å². The Morgan fingerprint density at radius 3 is 1.75 bits per heavy atom. The van der Waals surface area contributed by atoms with Crippen LogP contribution in [0.15, 0.2) is 0 Å². The third-order valence-electron chi connectivity index (χ3n) is 2.27. The molecule has 0 aliphatic carbocycles. The standard InChI is InChI=1S/C7H24N2Si3/c1-7-8(2)10-9(11(3)4)12(5)6/h11-12H,7,10H2,1-6H3. The van der Waals surface area contributed by atoms with Crippen LogP contribution in [0, 0.1) is 0 Å². The number of hydrogen-bond donors (Lipinski definition) is 0. The summed E-state index contributed by atoms with van der Waals surface area (Å²) in [5, 5.41) is 0. The van der Waals surface area contributed by atoms with Crippen molar-refractivity contribution in [3.63, 3.8) is 0 Å². The lowest BCUT2D eigenvalue weighted by Gasteiger charge is -2.32. The van der Waals surface area contributed by atoms with Crippen LogP contribution < -0.4 is 0 Å². The lowest BCUT2D eigenvalue weighted by atomic mass is 10.8. The van der Waals surface area contributed by atoms with Gasteiger partial charge in [0.25, 0.3) is 0 Å². The summed E-state index contributed by atoms with van der Waals surface area (Å²) in [6.07, 6.45) is 0. The zero-order valence-corrected chi connectivity index (χ0v) is 13.2. The van der Waals surface area contributed by atoms with Crippen LogP contribution in [0.1, 0.15) is 6.92 Å². The number of nitrogens with zero attached hydrogens (tertiary/aromatic N) is 2. The van der Waals surface area contributed by atoms with Crippen LogP contribution in [-0.2, 0) is 0 Å². The second-order valence-electron chi connectivity index (χ2n) is 4.02. The van der Waals surface area contributed by atoms with E-state index in [0.29, 0.717) is 0 Å². The van der Waals surface area contributed by atoms with Gasteiger partial charge in [0.1, 0.15) is 0 Å². The van der Waals surface area contributed by atoms with Crippen molar-refractivity contribution in [3.05, 3.63) is 0 Å². The van der Waals surface area contributed by atoms with E-state index in [0.717, 1.165) is 0 Å². The molecule has 0 aromatic carbocycles. The van der Waals surface area contributed by atoms with E-state index >= 15 is 0 Å².